The number of rotatable bonds is 2. The predicted octanol–water partition coefficient (Wildman–Crippen LogP) is 1.61. The van der Waals surface area contributed by atoms with E-state index in [2.05, 4.69) is 4.98 Å². The van der Waals surface area contributed by atoms with Crippen molar-refractivity contribution in [1.29, 1.82) is 0 Å². The molecule has 0 N–H and O–H groups in total. The van der Waals surface area contributed by atoms with E-state index < -0.39 is 10.0 Å². The maximum absolute atomic E-state index is 12.3. The fourth-order valence-electron chi connectivity index (χ4n) is 2.07. The normalized spacial score (nSPS) is 17.9. The van der Waals surface area contributed by atoms with E-state index in [1.54, 1.807) is 12.1 Å². The molecule has 0 unspecified atom stereocenters. The number of sulfonamides is 1. The quantitative estimate of drug-likeness (QED) is 0.814. The summed E-state index contributed by atoms with van der Waals surface area (Å²) in [6.45, 7) is 1.22. The van der Waals surface area contributed by atoms with Gasteiger partial charge in [0.25, 0.3) is 0 Å². The lowest BCUT2D eigenvalue weighted by molar-refractivity contribution is 0.477. The Morgan fingerprint density at radius 3 is 2.76 bits per heavy atom. The molecule has 3 rings (SSSR count). The fourth-order valence-corrected chi connectivity index (χ4v) is 3.61. The second-order valence-corrected chi connectivity index (χ2v) is 6.03. The molecule has 5 nitrogen and oxygen atoms in total. The summed E-state index contributed by atoms with van der Waals surface area (Å²) < 4.78 is 31.2. The van der Waals surface area contributed by atoms with Gasteiger partial charge in [-0.1, -0.05) is 0 Å². The smallest absolute Gasteiger partial charge is 0.243 e. The highest BCUT2D eigenvalue weighted by atomic mass is 32.2. The van der Waals surface area contributed by atoms with Crippen molar-refractivity contribution in [3.8, 4) is 0 Å². The van der Waals surface area contributed by atoms with Crippen molar-refractivity contribution in [2.75, 3.05) is 13.1 Å². The van der Waals surface area contributed by atoms with Crippen molar-refractivity contribution in [2.24, 2.45) is 0 Å². The summed E-state index contributed by atoms with van der Waals surface area (Å²) in [5, 5.41) is 0. The molecule has 0 spiro atoms. The first kappa shape index (κ1) is 10.7. The molecule has 0 bridgehead atoms. The molecule has 2 aromatic rings. The van der Waals surface area contributed by atoms with Crippen LogP contribution in [-0.2, 0) is 10.0 Å². The molecule has 1 aromatic carbocycles. The molecule has 1 aromatic heterocycles. The first-order valence-corrected chi connectivity index (χ1v) is 6.95. The molecule has 17 heavy (non-hydrogen) atoms. The number of hydrogen-bond acceptors (Lipinski definition) is 4. The molecule has 90 valence electrons. The molecule has 0 atom stereocenters. The standard InChI is InChI=1S/C11H12N2O3S/c14-17(15,13-5-1-2-6-13)9-3-4-10-11(7-9)16-8-12-10/h3-4,7-8H,1-2,5-6H2. The van der Waals surface area contributed by atoms with E-state index in [0.717, 1.165) is 12.8 Å². The monoisotopic (exact) mass is 252 g/mol. The highest BCUT2D eigenvalue weighted by Crippen LogP contribution is 2.23. The number of fused-ring (bicyclic) bond motifs is 1. The molecule has 1 aliphatic heterocycles. The van der Waals surface area contributed by atoms with E-state index in [4.69, 9.17) is 4.42 Å². The molecule has 0 saturated carbocycles. The zero-order valence-electron chi connectivity index (χ0n) is 9.17. The summed E-state index contributed by atoms with van der Waals surface area (Å²) >= 11 is 0. The Bertz CT molecular complexity index is 642. The summed E-state index contributed by atoms with van der Waals surface area (Å²) in [6, 6.07) is 4.79. The molecule has 1 aliphatic rings. The maximum atomic E-state index is 12.3. The van der Waals surface area contributed by atoms with Gasteiger partial charge in [0.05, 0.1) is 4.90 Å². The van der Waals surface area contributed by atoms with E-state index in [9.17, 15) is 8.42 Å². The molecule has 0 aliphatic carbocycles. The first-order chi connectivity index (χ1) is 8.18. The van der Waals surface area contributed by atoms with Crippen LogP contribution in [0.25, 0.3) is 11.1 Å². The van der Waals surface area contributed by atoms with Gasteiger partial charge in [-0.2, -0.15) is 4.31 Å². The number of hydrogen-bond donors (Lipinski definition) is 0. The third-order valence-electron chi connectivity index (χ3n) is 3.01. The highest BCUT2D eigenvalue weighted by molar-refractivity contribution is 7.89. The van der Waals surface area contributed by atoms with Crippen LogP contribution >= 0.6 is 0 Å². The van der Waals surface area contributed by atoms with Crippen LogP contribution in [-0.4, -0.2) is 30.8 Å². The van der Waals surface area contributed by atoms with Gasteiger partial charge in [-0.3, -0.25) is 0 Å². The van der Waals surface area contributed by atoms with Crippen LogP contribution in [0.1, 0.15) is 12.8 Å². The van der Waals surface area contributed by atoms with E-state index in [1.807, 2.05) is 0 Å². The largest absolute Gasteiger partial charge is 0.443 e. The highest BCUT2D eigenvalue weighted by Gasteiger charge is 2.27. The van der Waals surface area contributed by atoms with Crippen molar-refractivity contribution < 1.29 is 12.8 Å². The van der Waals surface area contributed by atoms with Crippen molar-refractivity contribution in [1.82, 2.24) is 9.29 Å². The summed E-state index contributed by atoms with van der Waals surface area (Å²) in [4.78, 5) is 4.25. The first-order valence-electron chi connectivity index (χ1n) is 5.51. The average Bonchev–Trinajstić information content (AvgIpc) is 2.99. The molecule has 1 saturated heterocycles. The van der Waals surface area contributed by atoms with E-state index >= 15 is 0 Å². The molecular formula is C11H12N2O3S. The third kappa shape index (κ3) is 1.73. The summed E-state index contributed by atoms with van der Waals surface area (Å²) in [7, 11) is -3.36. The minimum absolute atomic E-state index is 0.281. The summed E-state index contributed by atoms with van der Waals surface area (Å²) in [5.41, 5.74) is 1.18. The van der Waals surface area contributed by atoms with Crippen LogP contribution in [0, 0.1) is 0 Å². The van der Waals surface area contributed by atoms with Gasteiger partial charge in [-0.05, 0) is 25.0 Å². The molecule has 2 heterocycles. The van der Waals surface area contributed by atoms with Crippen LogP contribution in [0.4, 0.5) is 0 Å². The van der Waals surface area contributed by atoms with Crippen LogP contribution in [0.15, 0.2) is 33.9 Å². The molecule has 1 fully saturated rings. The molecule has 6 heteroatoms. The minimum Gasteiger partial charge on any atom is -0.443 e. The molecular weight excluding hydrogens is 240 g/mol. The topological polar surface area (TPSA) is 63.4 Å². The van der Waals surface area contributed by atoms with Gasteiger partial charge in [0.1, 0.15) is 5.52 Å². The average molecular weight is 252 g/mol. The number of benzene rings is 1. The minimum atomic E-state index is -3.36. The van der Waals surface area contributed by atoms with Crippen LogP contribution in [0.5, 0.6) is 0 Å². The Balaban J connectivity index is 2.07. The van der Waals surface area contributed by atoms with Crippen LogP contribution < -0.4 is 0 Å². The summed E-state index contributed by atoms with van der Waals surface area (Å²) in [6.07, 6.45) is 3.19. The lowest BCUT2D eigenvalue weighted by atomic mass is 10.3. The Labute approximate surface area is 99.1 Å². The van der Waals surface area contributed by atoms with Crippen molar-refractivity contribution in [2.45, 2.75) is 17.7 Å². The number of oxazole rings is 1. The number of nitrogens with zero attached hydrogens (tertiary/aromatic N) is 2. The van der Waals surface area contributed by atoms with E-state index in [0.29, 0.717) is 24.2 Å². The summed E-state index contributed by atoms with van der Waals surface area (Å²) in [5.74, 6) is 0. The zero-order valence-corrected chi connectivity index (χ0v) is 9.98. The predicted molar refractivity (Wildman–Crippen MR) is 62.0 cm³/mol. The molecule has 0 amide bonds. The van der Waals surface area contributed by atoms with Gasteiger partial charge in [0.2, 0.25) is 10.0 Å². The van der Waals surface area contributed by atoms with Crippen molar-refractivity contribution in [3.63, 3.8) is 0 Å². The Morgan fingerprint density at radius 1 is 1.24 bits per heavy atom. The van der Waals surface area contributed by atoms with Gasteiger partial charge in [-0.25, -0.2) is 13.4 Å². The van der Waals surface area contributed by atoms with Gasteiger partial charge in [0, 0.05) is 19.2 Å². The maximum Gasteiger partial charge on any atom is 0.243 e. The Hall–Kier alpha value is -1.40. The second kappa shape index (κ2) is 3.82. The Morgan fingerprint density at radius 2 is 2.00 bits per heavy atom. The van der Waals surface area contributed by atoms with Gasteiger partial charge >= 0.3 is 0 Å². The van der Waals surface area contributed by atoms with E-state index in [-0.39, 0.29) is 4.90 Å². The van der Waals surface area contributed by atoms with Gasteiger partial charge in [-0.15, -0.1) is 0 Å². The van der Waals surface area contributed by atoms with E-state index in [1.165, 1.54) is 16.8 Å². The lowest BCUT2D eigenvalue weighted by Crippen LogP contribution is -2.27. The lowest BCUT2D eigenvalue weighted by Gasteiger charge is -2.14. The second-order valence-electron chi connectivity index (χ2n) is 4.09. The molecule has 0 radical (unpaired) electrons. The van der Waals surface area contributed by atoms with Crippen molar-refractivity contribution in [3.05, 3.63) is 24.6 Å². The van der Waals surface area contributed by atoms with Gasteiger partial charge in [0.15, 0.2) is 12.0 Å². The third-order valence-corrected chi connectivity index (χ3v) is 4.90. The van der Waals surface area contributed by atoms with Crippen LogP contribution in [0.3, 0.4) is 0 Å². The Kier molecular flexibility index (Phi) is 2.41. The van der Waals surface area contributed by atoms with Gasteiger partial charge < -0.3 is 4.42 Å². The fraction of sp³-hybridized carbons (Fsp3) is 0.364. The van der Waals surface area contributed by atoms with Crippen molar-refractivity contribution >= 4 is 21.1 Å². The zero-order chi connectivity index (χ0) is 11.9. The number of aromatic nitrogens is 1. The SMILES string of the molecule is O=S(=O)(c1ccc2ncoc2c1)N1CCCC1. The van der Waals surface area contributed by atoms with Crippen LogP contribution in [0.2, 0.25) is 0 Å².